The fourth-order valence-corrected chi connectivity index (χ4v) is 2.81. The molecule has 1 aromatic heterocycles. The van der Waals surface area contributed by atoms with Crippen LogP contribution in [-0.2, 0) is 4.74 Å². The summed E-state index contributed by atoms with van der Waals surface area (Å²) in [6.07, 6.45) is 2.63. The predicted molar refractivity (Wildman–Crippen MR) is 57.6 cm³/mol. The zero-order valence-electron chi connectivity index (χ0n) is 8.62. The van der Waals surface area contributed by atoms with E-state index >= 15 is 0 Å². The summed E-state index contributed by atoms with van der Waals surface area (Å²) in [5.41, 5.74) is 1.10. The smallest absolute Gasteiger partial charge is 0.112 e. The molecule has 0 radical (unpaired) electrons. The Bertz CT molecular complexity index is 294. The second-order valence-electron chi connectivity index (χ2n) is 3.64. The van der Waals surface area contributed by atoms with Crippen LogP contribution in [0.25, 0.3) is 0 Å². The highest BCUT2D eigenvalue weighted by Crippen LogP contribution is 2.28. The quantitative estimate of drug-likeness (QED) is 0.831. The van der Waals surface area contributed by atoms with Crippen molar-refractivity contribution >= 4 is 11.3 Å². The molecule has 1 aliphatic heterocycles. The summed E-state index contributed by atoms with van der Waals surface area (Å²) in [6.45, 7) is 2.93. The van der Waals surface area contributed by atoms with Gasteiger partial charge in [-0.3, -0.25) is 0 Å². The van der Waals surface area contributed by atoms with E-state index in [1.165, 1.54) is 6.42 Å². The van der Waals surface area contributed by atoms with Gasteiger partial charge in [-0.1, -0.05) is 0 Å². The molecule has 0 bridgehead atoms. The third-order valence-corrected chi connectivity index (χ3v) is 3.60. The molecule has 1 aromatic rings. The van der Waals surface area contributed by atoms with Crippen LogP contribution in [0.3, 0.4) is 0 Å². The van der Waals surface area contributed by atoms with Gasteiger partial charge in [-0.05, 0) is 26.8 Å². The first kappa shape index (κ1) is 10.1. The van der Waals surface area contributed by atoms with Crippen molar-refractivity contribution in [2.75, 3.05) is 13.7 Å². The molecule has 2 unspecified atom stereocenters. The van der Waals surface area contributed by atoms with Crippen LogP contribution in [0.2, 0.25) is 0 Å². The van der Waals surface area contributed by atoms with Crippen molar-refractivity contribution in [2.45, 2.75) is 31.9 Å². The molecule has 78 valence electrons. The Morgan fingerprint density at radius 3 is 3.07 bits per heavy atom. The van der Waals surface area contributed by atoms with Crippen molar-refractivity contribution in [1.82, 2.24) is 10.3 Å². The van der Waals surface area contributed by atoms with Gasteiger partial charge in [-0.2, -0.15) is 0 Å². The minimum atomic E-state index is 0.274. The molecule has 0 aliphatic carbocycles. The maximum atomic E-state index is 5.67. The van der Waals surface area contributed by atoms with E-state index in [4.69, 9.17) is 4.74 Å². The zero-order valence-corrected chi connectivity index (χ0v) is 9.43. The highest BCUT2D eigenvalue weighted by atomic mass is 32.1. The van der Waals surface area contributed by atoms with Gasteiger partial charge < -0.3 is 10.1 Å². The van der Waals surface area contributed by atoms with Crippen molar-refractivity contribution in [2.24, 2.45) is 0 Å². The highest BCUT2D eigenvalue weighted by molar-refractivity contribution is 7.09. The van der Waals surface area contributed by atoms with Crippen molar-refractivity contribution in [3.8, 4) is 0 Å². The Morgan fingerprint density at radius 1 is 1.71 bits per heavy atom. The molecule has 0 aromatic carbocycles. The van der Waals surface area contributed by atoms with Crippen LogP contribution in [-0.4, -0.2) is 24.7 Å². The molecule has 1 N–H and O–H groups in total. The summed E-state index contributed by atoms with van der Waals surface area (Å²) in [7, 11) is 1.98. The lowest BCUT2D eigenvalue weighted by atomic mass is 10.1. The van der Waals surface area contributed by atoms with Crippen LogP contribution < -0.4 is 5.32 Å². The lowest BCUT2D eigenvalue weighted by Crippen LogP contribution is -2.28. The van der Waals surface area contributed by atoms with E-state index in [1.54, 1.807) is 11.3 Å². The normalized spacial score (nSPS) is 24.0. The van der Waals surface area contributed by atoms with Crippen molar-refractivity contribution < 1.29 is 4.74 Å². The van der Waals surface area contributed by atoms with E-state index in [0.29, 0.717) is 6.10 Å². The average molecular weight is 212 g/mol. The van der Waals surface area contributed by atoms with E-state index in [0.717, 1.165) is 23.7 Å². The maximum absolute atomic E-state index is 5.67. The number of nitrogens with zero attached hydrogens (tertiary/aromatic N) is 1. The van der Waals surface area contributed by atoms with Gasteiger partial charge in [0, 0.05) is 17.7 Å². The van der Waals surface area contributed by atoms with Crippen LogP contribution in [0.5, 0.6) is 0 Å². The van der Waals surface area contributed by atoms with Crippen LogP contribution in [0.15, 0.2) is 5.38 Å². The largest absolute Gasteiger partial charge is 0.376 e. The summed E-state index contributed by atoms with van der Waals surface area (Å²) in [4.78, 5) is 4.50. The Kier molecular flexibility index (Phi) is 3.15. The molecule has 1 saturated heterocycles. The first-order valence-electron chi connectivity index (χ1n) is 5.02. The summed E-state index contributed by atoms with van der Waals surface area (Å²) in [5, 5.41) is 6.54. The van der Waals surface area contributed by atoms with E-state index < -0.39 is 0 Å². The van der Waals surface area contributed by atoms with E-state index in [2.05, 4.69) is 15.7 Å². The fourth-order valence-electron chi connectivity index (χ4n) is 1.85. The summed E-state index contributed by atoms with van der Waals surface area (Å²) in [6, 6.07) is 0.274. The number of nitrogens with one attached hydrogen (secondary N) is 1. The fraction of sp³-hybridized carbons (Fsp3) is 0.700. The molecule has 4 heteroatoms. The van der Waals surface area contributed by atoms with Gasteiger partial charge in [0.15, 0.2) is 0 Å². The number of thiazole rings is 1. The minimum Gasteiger partial charge on any atom is -0.376 e. The molecule has 0 spiro atoms. The number of hydrogen-bond acceptors (Lipinski definition) is 4. The van der Waals surface area contributed by atoms with Crippen molar-refractivity contribution in [1.29, 1.82) is 0 Å². The predicted octanol–water partition coefficient (Wildman–Crippen LogP) is 1.89. The molecule has 2 atom stereocenters. The lowest BCUT2D eigenvalue weighted by molar-refractivity contribution is 0.0806. The highest BCUT2D eigenvalue weighted by Gasteiger charge is 2.27. The summed E-state index contributed by atoms with van der Waals surface area (Å²) >= 11 is 1.72. The maximum Gasteiger partial charge on any atom is 0.112 e. The first-order chi connectivity index (χ1) is 6.81. The van der Waals surface area contributed by atoms with Gasteiger partial charge in [-0.15, -0.1) is 11.3 Å². The van der Waals surface area contributed by atoms with Gasteiger partial charge in [0.05, 0.1) is 12.1 Å². The lowest BCUT2D eigenvalue weighted by Gasteiger charge is -2.19. The van der Waals surface area contributed by atoms with Crippen LogP contribution in [0, 0.1) is 6.92 Å². The Labute approximate surface area is 88.5 Å². The first-order valence-corrected chi connectivity index (χ1v) is 5.90. The van der Waals surface area contributed by atoms with Crippen LogP contribution >= 0.6 is 11.3 Å². The molecule has 3 nitrogen and oxygen atoms in total. The summed E-state index contributed by atoms with van der Waals surface area (Å²) in [5.74, 6) is 0. The van der Waals surface area contributed by atoms with Gasteiger partial charge in [-0.25, -0.2) is 4.98 Å². The number of likely N-dealkylation sites (N-methyl/N-ethyl adjacent to an activating group) is 1. The second-order valence-corrected chi connectivity index (χ2v) is 4.53. The van der Waals surface area contributed by atoms with Crippen molar-refractivity contribution in [3.63, 3.8) is 0 Å². The SMILES string of the molecule is CNC(c1nc(C)cs1)C1CCCO1. The summed E-state index contributed by atoms with van der Waals surface area (Å²) < 4.78 is 5.67. The molecule has 14 heavy (non-hydrogen) atoms. The molecule has 2 rings (SSSR count). The number of ether oxygens (including phenoxy) is 1. The van der Waals surface area contributed by atoms with Gasteiger partial charge in [0.2, 0.25) is 0 Å². The van der Waals surface area contributed by atoms with Gasteiger partial charge in [0.25, 0.3) is 0 Å². The van der Waals surface area contributed by atoms with E-state index in [9.17, 15) is 0 Å². The van der Waals surface area contributed by atoms with E-state index in [-0.39, 0.29) is 6.04 Å². The monoisotopic (exact) mass is 212 g/mol. The van der Waals surface area contributed by atoms with Crippen LogP contribution in [0.4, 0.5) is 0 Å². The molecule has 0 saturated carbocycles. The third-order valence-electron chi connectivity index (χ3n) is 2.55. The Balaban J connectivity index is 2.12. The number of rotatable bonds is 3. The number of aromatic nitrogens is 1. The number of hydrogen-bond donors (Lipinski definition) is 1. The average Bonchev–Trinajstić information content (AvgIpc) is 2.79. The molecule has 1 aliphatic rings. The molecular weight excluding hydrogens is 196 g/mol. The molecule has 0 amide bonds. The third kappa shape index (κ3) is 1.97. The van der Waals surface area contributed by atoms with E-state index in [1.807, 2.05) is 14.0 Å². The zero-order chi connectivity index (χ0) is 9.97. The molecule has 2 heterocycles. The van der Waals surface area contributed by atoms with Crippen molar-refractivity contribution in [3.05, 3.63) is 16.1 Å². The Hall–Kier alpha value is -0.450. The van der Waals surface area contributed by atoms with Crippen LogP contribution in [0.1, 0.15) is 29.6 Å². The van der Waals surface area contributed by atoms with Gasteiger partial charge >= 0.3 is 0 Å². The number of aryl methyl sites for hydroxylation is 1. The molecule has 1 fully saturated rings. The second kappa shape index (κ2) is 4.38. The minimum absolute atomic E-state index is 0.274. The topological polar surface area (TPSA) is 34.2 Å². The standard InChI is InChI=1S/C10H16N2OS/c1-7-6-14-10(12-7)9(11-2)8-4-3-5-13-8/h6,8-9,11H,3-5H2,1-2H3. The van der Waals surface area contributed by atoms with Gasteiger partial charge in [0.1, 0.15) is 5.01 Å². The molecular formula is C10H16N2OS. The Morgan fingerprint density at radius 2 is 2.57 bits per heavy atom.